The number of carbonyl (C=O) groups excluding carboxylic acids is 1. The molecule has 0 saturated carbocycles. The Bertz CT molecular complexity index is 388. The van der Waals surface area contributed by atoms with E-state index in [1.807, 2.05) is 38.1 Å². The molecular weight excluding hydrogens is 214 g/mol. The minimum Gasteiger partial charge on any atom is -0.481 e. The van der Waals surface area contributed by atoms with E-state index in [-0.39, 0.29) is 5.91 Å². The van der Waals surface area contributed by atoms with Crippen molar-refractivity contribution in [2.24, 2.45) is 0 Å². The van der Waals surface area contributed by atoms with Crippen molar-refractivity contribution in [3.63, 3.8) is 0 Å². The van der Waals surface area contributed by atoms with Crippen LogP contribution in [0, 0.1) is 6.92 Å². The lowest BCUT2D eigenvalue weighted by molar-refractivity contribution is -0.127. The van der Waals surface area contributed by atoms with Crippen LogP contribution in [0.5, 0.6) is 5.75 Å². The summed E-state index contributed by atoms with van der Waals surface area (Å²) in [6.45, 7) is 7.94. The Hall–Kier alpha value is -1.77. The second kappa shape index (κ2) is 6.74. The molecule has 0 saturated heterocycles. The van der Waals surface area contributed by atoms with Gasteiger partial charge in [-0.05, 0) is 31.0 Å². The highest BCUT2D eigenvalue weighted by atomic mass is 16.5. The van der Waals surface area contributed by atoms with Crippen LogP contribution in [0.2, 0.25) is 0 Å². The van der Waals surface area contributed by atoms with Gasteiger partial charge >= 0.3 is 0 Å². The summed E-state index contributed by atoms with van der Waals surface area (Å²) in [6, 6.07) is 7.69. The number of ether oxygens (including phenoxy) is 1. The van der Waals surface area contributed by atoms with Gasteiger partial charge in [0.25, 0.3) is 5.91 Å². The van der Waals surface area contributed by atoms with Crippen LogP contribution in [0.3, 0.4) is 0 Å². The van der Waals surface area contributed by atoms with Crippen molar-refractivity contribution in [2.75, 3.05) is 6.54 Å². The van der Waals surface area contributed by atoms with Crippen molar-refractivity contribution in [1.29, 1.82) is 0 Å². The fourth-order valence-electron chi connectivity index (χ4n) is 1.46. The van der Waals surface area contributed by atoms with Crippen LogP contribution < -0.4 is 10.1 Å². The van der Waals surface area contributed by atoms with Crippen molar-refractivity contribution < 1.29 is 9.53 Å². The van der Waals surface area contributed by atoms with Crippen LogP contribution in [0.15, 0.2) is 36.9 Å². The van der Waals surface area contributed by atoms with Crippen LogP contribution in [-0.4, -0.2) is 18.6 Å². The zero-order valence-corrected chi connectivity index (χ0v) is 10.4. The van der Waals surface area contributed by atoms with Crippen molar-refractivity contribution >= 4 is 5.91 Å². The third-order valence-electron chi connectivity index (χ3n) is 2.35. The van der Waals surface area contributed by atoms with Gasteiger partial charge in [-0.3, -0.25) is 4.79 Å². The number of carbonyl (C=O) groups is 1. The molecule has 0 aromatic heterocycles. The quantitative estimate of drug-likeness (QED) is 0.766. The maximum absolute atomic E-state index is 11.7. The summed E-state index contributed by atoms with van der Waals surface area (Å²) in [5.41, 5.74) is 1.11. The Kier molecular flexibility index (Phi) is 5.27. The molecule has 1 amide bonds. The summed E-state index contributed by atoms with van der Waals surface area (Å²) < 4.78 is 5.66. The van der Waals surface area contributed by atoms with Crippen LogP contribution >= 0.6 is 0 Å². The number of aryl methyl sites for hydroxylation is 1. The van der Waals surface area contributed by atoms with E-state index in [4.69, 9.17) is 4.74 Å². The minimum atomic E-state index is -0.447. The summed E-state index contributed by atoms with van der Waals surface area (Å²) in [5.74, 6) is 0.625. The summed E-state index contributed by atoms with van der Waals surface area (Å²) in [5, 5.41) is 2.74. The molecule has 17 heavy (non-hydrogen) atoms. The summed E-state index contributed by atoms with van der Waals surface area (Å²) in [4.78, 5) is 11.7. The second-order valence-corrected chi connectivity index (χ2v) is 3.87. The molecule has 0 bridgehead atoms. The Labute approximate surface area is 102 Å². The molecule has 0 aliphatic heterocycles. The monoisotopic (exact) mass is 233 g/mol. The Balaban J connectivity index is 2.63. The fourth-order valence-corrected chi connectivity index (χ4v) is 1.46. The molecule has 1 aromatic rings. The zero-order valence-electron chi connectivity index (χ0n) is 10.4. The molecule has 92 valence electrons. The molecule has 0 heterocycles. The number of hydrogen-bond donors (Lipinski definition) is 1. The van der Waals surface area contributed by atoms with E-state index in [0.717, 1.165) is 11.3 Å². The van der Waals surface area contributed by atoms with Crippen molar-refractivity contribution in [3.8, 4) is 5.75 Å². The van der Waals surface area contributed by atoms with Crippen molar-refractivity contribution in [2.45, 2.75) is 26.4 Å². The average molecular weight is 233 g/mol. The molecule has 1 atom stereocenters. The normalized spacial score (nSPS) is 11.6. The van der Waals surface area contributed by atoms with Crippen LogP contribution in [0.4, 0.5) is 0 Å². The summed E-state index contributed by atoms with van der Waals surface area (Å²) in [7, 11) is 0. The highest BCUT2D eigenvalue weighted by Gasteiger charge is 2.17. The number of nitrogens with one attached hydrogen (secondary N) is 1. The average Bonchev–Trinajstić information content (AvgIpc) is 2.33. The maximum atomic E-state index is 11.7. The van der Waals surface area contributed by atoms with Gasteiger partial charge in [0, 0.05) is 6.54 Å². The molecular formula is C14H19NO2. The van der Waals surface area contributed by atoms with E-state index in [1.54, 1.807) is 6.08 Å². The van der Waals surface area contributed by atoms with Crippen LogP contribution in [-0.2, 0) is 4.79 Å². The molecule has 0 spiro atoms. The molecule has 1 N–H and O–H groups in total. The van der Waals surface area contributed by atoms with Gasteiger partial charge in [0.2, 0.25) is 0 Å². The van der Waals surface area contributed by atoms with E-state index in [0.29, 0.717) is 13.0 Å². The van der Waals surface area contributed by atoms with Gasteiger partial charge in [-0.25, -0.2) is 0 Å². The van der Waals surface area contributed by atoms with E-state index in [2.05, 4.69) is 11.9 Å². The van der Waals surface area contributed by atoms with E-state index >= 15 is 0 Å². The number of rotatable bonds is 6. The van der Waals surface area contributed by atoms with Crippen molar-refractivity contribution in [3.05, 3.63) is 42.5 Å². The third-order valence-corrected chi connectivity index (χ3v) is 2.35. The number of amides is 1. The molecule has 3 heteroatoms. The van der Waals surface area contributed by atoms with Gasteiger partial charge in [-0.1, -0.05) is 25.1 Å². The first-order chi connectivity index (χ1) is 8.17. The molecule has 0 fully saturated rings. The largest absolute Gasteiger partial charge is 0.481 e. The lowest BCUT2D eigenvalue weighted by atomic mass is 10.2. The standard InChI is InChI=1S/C14H19NO2/c1-4-9-15-14(16)13(5-2)17-12-8-6-7-11(3)10-12/h4,6-8,10,13H,1,5,9H2,2-3H3,(H,15,16)/t13-/m1/s1. The van der Waals surface area contributed by atoms with E-state index in [9.17, 15) is 4.79 Å². The fraction of sp³-hybridized carbons (Fsp3) is 0.357. The lowest BCUT2D eigenvalue weighted by Crippen LogP contribution is -2.38. The third kappa shape index (κ3) is 4.31. The highest BCUT2D eigenvalue weighted by Crippen LogP contribution is 2.15. The van der Waals surface area contributed by atoms with Crippen LogP contribution in [0.25, 0.3) is 0 Å². The molecule has 0 aliphatic carbocycles. The van der Waals surface area contributed by atoms with Gasteiger partial charge in [0.1, 0.15) is 5.75 Å². The molecule has 0 unspecified atom stereocenters. The SMILES string of the molecule is C=CCNC(=O)[C@@H](CC)Oc1cccc(C)c1. The van der Waals surface area contributed by atoms with Gasteiger partial charge in [-0.15, -0.1) is 6.58 Å². The predicted molar refractivity (Wildman–Crippen MR) is 69.1 cm³/mol. The van der Waals surface area contributed by atoms with Gasteiger partial charge in [-0.2, -0.15) is 0 Å². The van der Waals surface area contributed by atoms with Crippen LogP contribution in [0.1, 0.15) is 18.9 Å². The Morgan fingerprint density at radius 3 is 2.94 bits per heavy atom. The predicted octanol–water partition coefficient (Wildman–Crippen LogP) is 2.45. The first-order valence-corrected chi connectivity index (χ1v) is 5.79. The number of benzene rings is 1. The first-order valence-electron chi connectivity index (χ1n) is 5.79. The summed E-state index contributed by atoms with van der Waals surface area (Å²) in [6.07, 6.45) is 1.84. The van der Waals surface area contributed by atoms with Gasteiger partial charge in [0.05, 0.1) is 0 Å². The Morgan fingerprint density at radius 2 is 2.35 bits per heavy atom. The smallest absolute Gasteiger partial charge is 0.261 e. The van der Waals surface area contributed by atoms with E-state index < -0.39 is 6.10 Å². The topological polar surface area (TPSA) is 38.3 Å². The Morgan fingerprint density at radius 1 is 1.59 bits per heavy atom. The second-order valence-electron chi connectivity index (χ2n) is 3.87. The minimum absolute atomic E-state index is 0.103. The van der Waals surface area contributed by atoms with Gasteiger partial charge < -0.3 is 10.1 Å². The molecule has 3 nitrogen and oxygen atoms in total. The van der Waals surface area contributed by atoms with Gasteiger partial charge in [0.15, 0.2) is 6.10 Å². The first kappa shape index (κ1) is 13.3. The number of hydrogen-bond acceptors (Lipinski definition) is 2. The van der Waals surface area contributed by atoms with E-state index in [1.165, 1.54) is 0 Å². The molecule has 1 rings (SSSR count). The molecule has 0 aliphatic rings. The lowest BCUT2D eigenvalue weighted by Gasteiger charge is -2.17. The van der Waals surface area contributed by atoms with Crippen molar-refractivity contribution in [1.82, 2.24) is 5.32 Å². The molecule has 0 radical (unpaired) electrons. The zero-order chi connectivity index (χ0) is 12.7. The molecule has 1 aromatic carbocycles. The maximum Gasteiger partial charge on any atom is 0.261 e. The highest BCUT2D eigenvalue weighted by molar-refractivity contribution is 5.81. The summed E-state index contributed by atoms with van der Waals surface area (Å²) >= 11 is 0.